The van der Waals surface area contributed by atoms with E-state index in [1.165, 1.54) is 231 Å². The molecule has 0 radical (unpaired) electrons. The number of unbranched alkanes of at least 4 members (excludes halogenated alkanes) is 39. The summed E-state index contributed by atoms with van der Waals surface area (Å²) in [6, 6.07) is -0.847. The third kappa shape index (κ3) is 54.5. The van der Waals surface area contributed by atoms with Crippen molar-refractivity contribution < 1.29 is 32.9 Å². The van der Waals surface area contributed by atoms with Gasteiger partial charge in [-0.05, 0) is 51.4 Å². The number of rotatable bonds is 56. The van der Waals surface area contributed by atoms with Gasteiger partial charge in [0.15, 0.2) is 0 Å². The van der Waals surface area contributed by atoms with E-state index in [0.717, 1.165) is 44.9 Å². The molecule has 414 valence electrons. The van der Waals surface area contributed by atoms with Crippen LogP contribution in [0.4, 0.5) is 0 Å². The van der Waals surface area contributed by atoms with Gasteiger partial charge in [-0.2, -0.15) is 0 Å². The highest BCUT2D eigenvalue weighted by atomic mass is 31.2. The third-order valence-corrected chi connectivity index (χ3v) is 14.8. The first-order valence-electron chi connectivity index (χ1n) is 30.4. The van der Waals surface area contributed by atoms with Gasteiger partial charge in [0.25, 0.3) is 0 Å². The van der Waals surface area contributed by atoms with E-state index >= 15 is 0 Å². The first-order valence-corrected chi connectivity index (χ1v) is 31.9. The Kier molecular flexibility index (Phi) is 51.6. The molecular formula is C61H120N2O6P+. The molecule has 0 aromatic heterocycles. The number of likely N-dealkylation sites (N-methyl/N-ethyl adjacent to an activating group) is 1. The number of nitrogens with one attached hydrogen (secondary N) is 1. The summed E-state index contributed by atoms with van der Waals surface area (Å²) in [4.78, 5) is 23.3. The summed E-state index contributed by atoms with van der Waals surface area (Å²) in [5, 5.41) is 14.0. The van der Waals surface area contributed by atoms with E-state index in [0.29, 0.717) is 17.4 Å². The number of carbonyl (C=O) groups is 1. The lowest BCUT2D eigenvalue weighted by atomic mass is 10.0. The van der Waals surface area contributed by atoms with E-state index in [1.54, 1.807) is 6.08 Å². The van der Waals surface area contributed by atoms with E-state index in [4.69, 9.17) is 9.05 Å². The fourth-order valence-electron chi connectivity index (χ4n) is 9.08. The Hall–Kier alpha value is -1.28. The molecule has 0 bridgehead atoms. The number of aliphatic hydroxyl groups is 1. The zero-order valence-corrected chi connectivity index (χ0v) is 48.2. The molecule has 9 heteroatoms. The van der Waals surface area contributed by atoms with E-state index in [9.17, 15) is 19.4 Å². The van der Waals surface area contributed by atoms with Crippen LogP contribution in [-0.2, 0) is 18.4 Å². The van der Waals surface area contributed by atoms with Crippen molar-refractivity contribution in [3.8, 4) is 0 Å². The van der Waals surface area contributed by atoms with E-state index < -0.39 is 20.0 Å². The molecule has 0 spiro atoms. The predicted molar refractivity (Wildman–Crippen MR) is 304 cm³/mol. The summed E-state index contributed by atoms with van der Waals surface area (Å²) in [6.45, 7) is 4.85. The molecule has 8 nitrogen and oxygen atoms in total. The minimum absolute atomic E-state index is 0.0623. The zero-order chi connectivity index (χ0) is 51.3. The Morgan fingerprint density at radius 1 is 0.486 bits per heavy atom. The standard InChI is InChI=1S/C61H119N2O6P/c1-6-8-10-12-14-16-18-20-22-24-26-27-28-29-30-31-32-33-34-35-37-39-41-43-45-47-49-51-53-55-61(65)62-59(58-69-70(66,67)68-57-56-63(3,4)5)60(64)54-52-50-48-46-44-42-40-38-36-25-23-21-19-17-15-13-11-9-7-2/h26-27,29-30,52,54,59-60,64H,6-25,28,31-51,53,55-58H2,1-5H3,(H-,62,65,66,67)/p+1/b27-26-,30-29-,54-52+. The maximum atomic E-state index is 13.0. The van der Waals surface area contributed by atoms with Crippen molar-refractivity contribution in [3.63, 3.8) is 0 Å². The van der Waals surface area contributed by atoms with Gasteiger partial charge >= 0.3 is 7.82 Å². The van der Waals surface area contributed by atoms with Crippen LogP contribution in [0.15, 0.2) is 36.5 Å². The monoisotopic (exact) mass is 1010 g/mol. The largest absolute Gasteiger partial charge is 0.472 e. The van der Waals surface area contributed by atoms with E-state index in [-0.39, 0.29) is 19.1 Å². The summed E-state index contributed by atoms with van der Waals surface area (Å²) in [7, 11) is 1.58. The number of nitrogens with zero attached hydrogens (tertiary/aromatic N) is 1. The number of carbonyl (C=O) groups excluding carboxylic acids is 1. The van der Waals surface area contributed by atoms with Crippen LogP contribution in [-0.4, -0.2) is 73.4 Å². The first-order chi connectivity index (χ1) is 34.0. The molecule has 3 unspecified atom stereocenters. The molecule has 0 rings (SSSR count). The summed E-state index contributed by atoms with van der Waals surface area (Å²) in [5.74, 6) is -0.174. The summed E-state index contributed by atoms with van der Waals surface area (Å²) < 4.78 is 23.7. The maximum Gasteiger partial charge on any atom is 0.472 e. The second-order valence-electron chi connectivity index (χ2n) is 22.1. The molecule has 0 saturated carbocycles. The van der Waals surface area contributed by atoms with Crippen molar-refractivity contribution in [2.75, 3.05) is 40.9 Å². The number of phosphoric ester groups is 1. The van der Waals surface area contributed by atoms with Crippen molar-refractivity contribution >= 4 is 13.7 Å². The highest BCUT2D eigenvalue weighted by Crippen LogP contribution is 2.43. The highest BCUT2D eigenvalue weighted by molar-refractivity contribution is 7.47. The second kappa shape index (κ2) is 52.6. The van der Waals surface area contributed by atoms with Crippen LogP contribution in [0.2, 0.25) is 0 Å². The van der Waals surface area contributed by atoms with Gasteiger partial charge in [0.2, 0.25) is 5.91 Å². The smallest absolute Gasteiger partial charge is 0.387 e. The molecular weight excluding hydrogens is 888 g/mol. The normalized spacial score (nSPS) is 14.1. The van der Waals surface area contributed by atoms with Crippen molar-refractivity contribution in [2.24, 2.45) is 0 Å². The lowest BCUT2D eigenvalue weighted by molar-refractivity contribution is -0.870. The quantitative estimate of drug-likeness (QED) is 0.0243. The molecule has 0 saturated heterocycles. The number of allylic oxidation sites excluding steroid dienone is 5. The summed E-state index contributed by atoms with van der Waals surface area (Å²) >= 11 is 0. The Morgan fingerprint density at radius 2 is 0.814 bits per heavy atom. The number of hydrogen-bond acceptors (Lipinski definition) is 5. The molecule has 0 aromatic rings. The zero-order valence-electron chi connectivity index (χ0n) is 47.3. The van der Waals surface area contributed by atoms with Gasteiger partial charge in [0.05, 0.1) is 39.9 Å². The van der Waals surface area contributed by atoms with Gasteiger partial charge < -0.3 is 19.8 Å². The van der Waals surface area contributed by atoms with Gasteiger partial charge in [-0.25, -0.2) is 4.57 Å². The molecule has 0 aromatic carbocycles. The molecule has 0 aliphatic carbocycles. The van der Waals surface area contributed by atoms with Crippen molar-refractivity contribution in [3.05, 3.63) is 36.5 Å². The molecule has 70 heavy (non-hydrogen) atoms. The number of aliphatic hydroxyl groups excluding tert-OH is 1. The molecule has 0 heterocycles. The van der Waals surface area contributed by atoms with Gasteiger partial charge in [-0.15, -0.1) is 0 Å². The maximum absolute atomic E-state index is 13.0. The average molecular weight is 1010 g/mol. The topological polar surface area (TPSA) is 105 Å². The lowest BCUT2D eigenvalue weighted by Gasteiger charge is -2.25. The van der Waals surface area contributed by atoms with Crippen LogP contribution >= 0.6 is 7.82 Å². The van der Waals surface area contributed by atoms with Gasteiger partial charge in [-0.1, -0.05) is 275 Å². The summed E-state index contributed by atoms with van der Waals surface area (Å²) in [6.07, 6.45) is 68.2. The summed E-state index contributed by atoms with van der Waals surface area (Å²) in [5.41, 5.74) is 0. The highest BCUT2D eigenvalue weighted by Gasteiger charge is 2.27. The lowest BCUT2D eigenvalue weighted by Crippen LogP contribution is -2.45. The molecule has 3 N–H and O–H groups in total. The van der Waals surface area contributed by atoms with Crippen molar-refractivity contribution in [2.45, 2.75) is 309 Å². The first kappa shape index (κ1) is 68.7. The van der Waals surface area contributed by atoms with Crippen LogP contribution in [0.5, 0.6) is 0 Å². The fraction of sp³-hybridized carbons (Fsp3) is 0.885. The molecule has 3 atom stereocenters. The number of phosphoric acid groups is 1. The Balaban J connectivity index is 4.13. The van der Waals surface area contributed by atoms with Crippen LogP contribution in [0.1, 0.15) is 296 Å². The van der Waals surface area contributed by atoms with E-state index in [2.05, 4.69) is 43.5 Å². The second-order valence-corrected chi connectivity index (χ2v) is 23.5. The number of quaternary nitrogens is 1. The van der Waals surface area contributed by atoms with Crippen LogP contribution in [0.25, 0.3) is 0 Å². The fourth-order valence-corrected chi connectivity index (χ4v) is 9.81. The van der Waals surface area contributed by atoms with Crippen molar-refractivity contribution in [1.82, 2.24) is 5.32 Å². The van der Waals surface area contributed by atoms with Crippen molar-refractivity contribution in [1.29, 1.82) is 0 Å². The van der Waals surface area contributed by atoms with Gasteiger partial charge in [0.1, 0.15) is 13.2 Å². The van der Waals surface area contributed by atoms with Gasteiger partial charge in [-0.3, -0.25) is 13.8 Å². The SMILES string of the molecule is CCCCCCCCCCC/C=C\C/C=C\CCCCCCCCCCCCCCCC(=O)NC(COP(=O)(O)OCC[N+](C)(C)C)C(O)/C=C/CCCCCCCCCCCCCCCCCCC. The number of hydrogen-bond donors (Lipinski definition) is 3. The number of amides is 1. The van der Waals surface area contributed by atoms with E-state index in [1.807, 2.05) is 27.2 Å². The third-order valence-electron chi connectivity index (χ3n) is 13.9. The Morgan fingerprint density at radius 3 is 1.17 bits per heavy atom. The van der Waals surface area contributed by atoms with Crippen LogP contribution < -0.4 is 5.32 Å². The van der Waals surface area contributed by atoms with Crippen LogP contribution in [0.3, 0.4) is 0 Å². The Labute approximate surface area is 436 Å². The van der Waals surface area contributed by atoms with Gasteiger partial charge in [0, 0.05) is 6.42 Å². The molecule has 0 aliphatic rings. The minimum Gasteiger partial charge on any atom is -0.387 e. The predicted octanol–water partition coefficient (Wildman–Crippen LogP) is 18.5. The Bertz CT molecular complexity index is 1230. The average Bonchev–Trinajstić information content (AvgIpc) is 3.32. The minimum atomic E-state index is -4.35. The van der Waals surface area contributed by atoms with Crippen LogP contribution in [0, 0.1) is 0 Å². The molecule has 0 fully saturated rings. The molecule has 0 aliphatic heterocycles. The molecule has 1 amide bonds.